The Morgan fingerprint density at radius 1 is 1.41 bits per heavy atom. The molecule has 0 saturated carbocycles. The molecular weight excluding hydrogens is 236 g/mol. The second kappa shape index (κ2) is 6.21. The Bertz CT molecular complexity index is 437. The lowest BCUT2D eigenvalue weighted by Gasteiger charge is -2.12. The maximum Gasteiger partial charge on any atom is 0.151 e. The van der Waals surface area contributed by atoms with E-state index in [4.69, 9.17) is 5.73 Å². The minimum Gasteiger partial charge on any atom is -0.350 e. The van der Waals surface area contributed by atoms with Crippen LogP contribution in [0.2, 0.25) is 0 Å². The highest BCUT2D eigenvalue weighted by Crippen LogP contribution is 2.07. The number of hydrogen-bond acceptors (Lipinski definition) is 3. The third-order valence-corrected chi connectivity index (χ3v) is 4.69. The Balaban J connectivity index is 2.63. The second-order valence-electron chi connectivity index (χ2n) is 4.30. The Kier molecular flexibility index (Phi) is 5.21. The van der Waals surface area contributed by atoms with Crippen molar-refractivity contribution in [3.05, 3.63) is 24.0 Å². The Hall–Kier alpha value is -0.810. The zero-order valence-electron chi connectivity index (χ0n) is 10.6. The summed E-state index contributed by atoms with van der Waals surface area (Å²) in [6, 6.07) is 4.09. The van der Waals surface area contributed by atoms with Gasteiger partial charge in [0, 0.05) is 36.7 Å². The van der Waals surface area contributed by atoms with Gasteiger partial charge in [-0.05, 0) is 18.6 Å². The number of sulfone groups is 1. The number of aromatic nitrogens is 1. The molecule has 0 fully saturated rings. The Labute approximate surface area is 104 Å². The summed E-state index contributed by atoms with van der Waals surface area (Å²) in [7, 11) is -2.90. The minimum absolute atomic E-state index is 0.145. The lowest BCUT2D eigenvalue weighted by atomic mass is 10.1. The maximum atomic E-state index is 11.4. The van der Waals surface area contributed by atoms with E-state index in [1.54, 1.807) is 6.92 Å². The summed E-state index contributed by atoms with van der Waals surface area (Å²) in [6.07, 6.45) is 3.65. The molecule has 0 aliphatic heterocycles. The molecule has 17 heavy (non-hydrogen) atoms. The average Bonchev–Trinajstić information content (AvgIpc) is 2.74. The fourth-order valence-electron chi connectivity index (χ4n) is 1.65. The Morgan fingerprint density at radius 3 is 2.71 bits per heavy atom. The van der Waals surface area contributed by atoms with Crippen molar-refractivity contribution in [1.29, 1.82) is 0 Å². The molecule has 0 aromatic carbocycles. The smallest absolute Gasteiger partial charge is 0.151 e. The van der Waals surface area contributed by atoms with Gasteiger partial charge < -0.3 is 10.3 Å². The number of aryl methyl sites for hydroxylation is 1. The number of hydrogen-bond donors (Lipinski definition) is 1. The zero-order valence-corrected chi connectivity index (χ0v) is 11.4. The molecule has 0 amide bonds. The van der Waals surface area contributed by atoms with Crippen molar-refractivity contribution < 1.29 is 8.42 Å². The minimum atomic E-state index is -2.90. The Morgan fingerprint density at radius 2 is 2.12 bits per heavy atom. The largest absolute Gasteiger partial charge is 0.350 e. The van der Waals surface area contributed by atoms with Gasteiger partial charge in [-0.15, -0.1) is 0 Å². The van der Waals surface area contributed by atoms with Crippen LogP contribution in [0.25, 0.3) is 0 Å². The molecule has 1 unspecified atom stereocenters. The molecule has 0 aliphatic carbocycles. The topological polar surface area (TPSA) is 65.1 Å². The summed E-state index contributed by atoms with van der Waals surface area (Å²) in [5.41, 5.74) is 7.03. The van der Waals surface area contributed by atoms with Crippen LogP contribution < -0.4 is 5.73 Å². The third kappa shape index (κ3) is 4.52. The van der Waals surface area contributed by atoms with Gasteiger partial charge in [0.15, 0.2) is 9.84 Å². The molecular formula is C12H22N2O2S. The van der Waals surface area contributed by atoms with Crippen LogP contribution in [0, 0.1) is 0 Å². The highest BCUT2D eigenvalue weighted by molar-refractivity contribution is 7.91. The zero-order chi connectivity index (χ0) is 12.9. The molecule has 0 aliphatic rings. The van der Waals surface area contributed by atoms with Crippen LogP contribution >= 0.6 is 0 Å². The van der Waals surface area contributed by atoms with Gasteiger partial charge in [-0.1, -0.05) is 13.8 Å². The number of rotatable bonds is 7. The third-order valence-electron chi connectivity index (χ3n) is 3.00. The monoisotopic (exact) mass is 258 g/mol. The average molecular weight is 258 g/mol. The molecule has 1 rings (SSSR count). The highest BCUT2D eigenvalue weighted by atomic mass is 32.2. The summed E-state index contributed by atoms with van der Waals surface area (Å²) in [5, 5.41) is 0. The van der Waals surface area contributed by atoms with Gasteiger partial charge in [-0.25, -0.2) is 8.42 Å². The van der Waals surface area contributed by atoms with Crippen LogP contribution in [0.4, 0.5) is 0 Å². The first kappa shape index (κ1) is 14.3. The molecule has 2 N–H and O–H groups in total. The highest BCUT2D eigenvalue weighted by Gasteiger charge is 2.10. The standard InChI is InChI=1S/C12H22N2O2S/c1-3-11(13)10-12-6-5-7-14(12)8-9-17(15,16)4-2/h5-7,11H,3-4,8-10,13H2,1-2H3. The summed E-state index contributed by atoms with van der Waals surface area (Å²) in [5.74, 6) is 0.407. The molecule has 0 radical (unpaired) electrons. The van der Waals surface area contributed by atoms with E-state index in [2.05, 4.69) is 6.92 Å². The van der Waals surface area contributed by atoms with Crippen LogP contribution in [-0.4, -0.2) is 30.5 Å². The van der Waals surface area contributed by atoms with Crippen molar-refractivity contribution in [1.82, 2.24) is 4.57 Å². The van der Waals surface area contributed by atoms with Crippen LogP contribution in [-0.2, 0) is 22.8 Å². The van der Waals surface area contributed by atoms with E-state index in [1.807, 2.05) is 22.9 Å². The lowest BCUT2D eigenvalue weighted by Crippen LogP contribution is -2.24. The normalized spacial score (nSPS) is 13.8. The van der Waals surface area contributed by atoms with E-state index < -0.39 is 9.84 Å². The number of nitrogens with zero attached hydrogens (tertiary/aromatic N) is 1. The molecule has 4 nitrogen and oxygen atoms in total. The van der Waals surface area contributed by atoms with Gasteiger partial charge in [-0.2, -0.15) is 0 Å². The molecule has 0 spiro atoms. The first-order valence-electron chi connectivity index (χ1n) is 6.08. The summed E-state index contributed by atoms with van der Waals surface area (Å²) >= 11 is 0. The van der Waals surface area contributed by atoms with Crippen molar-refractivity contribution in [2.45, 2.75) is 39.3 Å². The summed E-state index contributed by atoms with van der Waals surface area (Å²) in [6.45, 7) is 4.26. The van der Waals surface area contributed by atoms with E-state index in [-0.39, 0.29) is 17.5 Å². The lowest BCUT2D eigenvalue weighted by molar-refractivity contribution is 0.580. The molecule has 5 heteroatoms. The van der Waals surface area contributed by atoms with Crippen molar-refractivity contribution >= 4 is 9.84 Å². The van der Waals surface area contributed by atoms with Crippen LogP contribution in [0.5, 0.6) is 0 Å². The van der Waals surface area contributed by atoms with Crippen LogP contribution in [0.1, 0.15) is 26.0 Å². The molecule has 98 valence electrons. The number of nitrogens with two attached hydrogens (primary N) is 1. The van der Waals surface area contributed by atoms with Gasteiger partial charge >= 0.3 is 0 Å². The van der Waals surface area contributed by atoms with Gasteiger partial charge in [0.2, 0.25) is 0 Å². The van der Waals surface area contributed by atoms with Gasteiger partial charge in [-0.3, -0.25) is 0 Å². The van der Waals surface area contributed by atoms with Crippen molar-refractivity contribution in [3.63, 3.8) is 0 Å². The molecule has 1 heterocycles. The predicted octanol–water partition coefficient (Wildman–Crippen LogP) is 1.20. The van der Waals surface area contributed by atoms with Gasteiger partial charge in [0.05, 0.1) is 5.75 Å². The molecule has 1 aromatic heterocycles. The van der Waals surface area contributed by atoms with Crippen LogP contribution in [0.15, 0.2) is 18.3 Å². The van der Waals surface area contributed by atoms with E-state index in [0.717, 1.165) is 18.5 Å². The van der Waals surface area contributed by atoms with Crippen molar-refractivity contribution in [2.24, 2.45) is 5.73 Å². The summed E-state index contributed by atoms with van der Waals surface area (Å²) < 4.78 is 24.9. The first-order chi connectivity index (χ1) is 7.98. The van der Waals surface area contributed by atoms with Gasteiger partial charge in [0.25, 0.3) is 0 Å². The van der Waals surface area contributed by atoms with E-state index in [1.165, 1.54) is 0 Å². The quantitative estimate of drug-likeness (QED) is 0.799. The van der Waals surface area contributed by atoms with Gasteiger partial charge in [0.1, 0.15) is 0 Å². The molecule has 1 aromatic rings. The van der Waals surface area contributed by atoms with E-state index in [0.29, 0.717) is 6.54 Å². The molecule has 1 atom stereocenters. The molecule has 0 saturated heterocycles. The fourth-order valence-corrected chi connectivity index (χ4v) is 2.41. The maximum absolute atomic E-state index is 11.4. The fraction of sp³-hybridized carbons (Fsp3) is 0.667. The SMILES string of the molecule is CCC(N)Cc1cccn1CCS(=O)(=O)CC. The van der Waals surface area contributed by atoms with E-state index in [9.17, 15) is 8.42 Å². The van der Waals surface area contributed by atoms with Crippen LogP contribution in [0.3, 0.4) is 0 Å². The predicted molar refractivity (Wildman–Crippen MR) is 70.7 cm³/mol. The molecule has 0 bridgehead atoms. The second-order valence-corrected chi connectivity index (χ2v) is 6.77. The van der Waals surface area contributed by atoms with Crippen molar-refractivity contribution in [2.75, 3.05) is 11.5 Å². The van der Waals surface area contributed by atoms with E-state index >= 15 is 0 Å². The first-order valence-corrected chi connectivity index (χ1v) is 7.90. The summed E-state index contributed by atoms with van der Waals surface area (Å²) in [4.78, 5) is 0. The van der Waals surface area contributed by atoms with Crippen molar-refractivity contribution in [3.8, 4) is 0 Å².